The maximum Gasteiger partial charge on any atom is 0.249 e. The van der Waals surface area contributed by atoms with Crippen LogP contribution in [-0.2, 0) is 27.0 Å². The average molecular weight is 388 g/mol. The number of carbonyl (C=O) groups excluding carboxylic acids is 1. The fourth-order valence-corrected chi connectivity index (χ4v) is 4.45. The van der Waals surface area contributed by atoms with Gasteiger partial charge in [-0.1, -0.05) is 30.3 Å². The van der Waals surface area contributed by atoms with Gasteiger partial charge in [0.2, 0.25) is 5.91 Å². The number of amides is 1. The van der Waals surface area contributed by atoms with Crippen LogP contribution in [-0.4, -0.2) is 24.6 Å². The lowest BCUT2D eigenvalue weighted by Crippen LogP contribution is -2.46. The summed E-state index contributed by atoms with van der Waals surface area (Å²) in [7, 11) is 0. The van der Waals surface area contributed by atoms with E-state index >= 15 is 0 Å². The molecule has 6 nitrogen and oxygen atoms in total. The fourth-order valence-electron chi connectivity index (χ4n) is 2.84. The zero-order valence-corrected chi connectivity index (χ0v) is 15.9. The second-order valence-corrected chi connectivity index (χ2v) is 8.28. The van der Waals surface area contributed by atoms with Crippen molar-refractivity contribution in [3.63, 3.8) is 0 Å². The molecule has 2 N–H and O–H groups in total. The first kappa shape index (κ1) is 18.5. The molecule has 0 aliphatic rings. The third kappa shape index (κ3) is 3.48. The summed E-state index contributed by atoms with van der Waals surface area (Å²) in [5.74, 6) is -0.608. The molecule has 3 rings (SSSR count). The van der Waals surface area contributed by atoms with Gasteiger partial charge in [-0.2, -0.15) is 0 Å². The van der Waals surface area contributed by atoms with Gasteiger partial charge in [0.1, 0.15) is 5.00 Å². The molecule has 0 bridgehead atoms. The number of rotatable bonds is 6. The van der Waals surface area contributed by atoms with E-state index in [9.17, 15) is 13.6 Å². The van der Waals surface area contributed by atoms with Crippen molar-refractivity contribution in [3.05, 3.63) is 70.6 Å². The van der Waals surface area contributed by atoms with Gasteiger partial charge >= 0.3 is 0 Å². The number of hydrogen-bond acceptors (Lipinski definition) is 5. The first-order valence-corrected chi connectivity index (χ1v) is 9.85. The summed E-state index contributed by atoms with van der Waals surface area (Å²) in [6.45, 7) is 3.61. The molecule has 1 amide bonds. The number of nitrogens with zero attached hydrogens (tertiary/aromatic N) is 1. The number of thiazole rings is 1. The summed E-state index contributed by atoms with van der Waals surface area (Å²) >= 11 is -1.38. The highest BCUT2D eigenvalue weighted by Crippen LogP contribution is 2.34. The number of benzene rings is 1. The molecule has 136 valence electrons. The Morgan fingerprint density at radius 3 is 2.54 bits per heavy atom. The van der Waals surface area contributed by atoms with Crippen LogP contribution in [0, 0.1) is 13.8 Å². The minimum atomic E-state index is -2.70. The molecule has 0 fully saturated rings. The van der Waals surface area contributed by atoms with E-state index in [0.717, 1.165) is 10.6 Å². The number of aromatic amines is 1. The molecule has 2 heterocycles. The lowest BCUT2D eigenvalue weighted by Gasteiger charge is -2.33. The van der Waals surface area contributed by atoms with Crippen LogP contribution in [0.25, 0.3) is 0 Å². The third-order valence-corrected chi connectivity index (χ3v) is 6.22. The number of anilines is 1. The molecule has 26 heavy (non-hydrogen) atoms. The number of nitrogens with one attached hydrogen (secondary N) is 2. The summed E-state index contributed by atoms with van der Waals surface area (Å²) in [5, 5.41) is 4.12. The second-order valence-electron chi connectivity index (χ2n) is 5.91. The van der Waals surface area contributed by atoms with E-state index in [1.807, 2.05) is 25.1 Å². The second kappa shape index (κ2) is 7.53. The van der Waals surface area contributed by atoms with Crippen LogP contribution in [0.5, 0.6) is 0 Å². The molecule has 0 saturated carbocycles. The highest BCUT2D eigenvalue weighted by molar-refractivity contribution is 7.81. The Labute approximate surface area is 158 Å². The van der Waals surface area contributed by atoms with Gasteiger partial charge in [0.25, 0.3) is 0 Å². The summed E-state index contributed by atoms with van der Waals surface area (Å²) < 4.78 is 22.9. The van der Waals surface area contributed by atoms with Gasteiger partial charge in [0.15, 0.2) is 4.75 Å². The van der Waals surface area contributed by atoms with Crippen molar-refractivity contribution < 1.29 is 13.6 Å². The smallest absolute Gasteiger partial charge is 0.249 e. The van der Waals surface area contributed by atoms with Crippen LogP contribution in [0.2, 0.25) is 0 Å². The fraction of sp³-hybridized carbons (Fsp3) is 0.222. The largest absolute Gasteiger partial charge is 0.771 e. The highest BCUT2D eigenvalue weighted by atomic mass is 32.2. The summed E-state index contributed by atoms with van der Waals surface area (Å²) in [6, 6.07) is 12.4. The Balaban J connectivity index is 2.05. The molecule has 0 radical (unpaired) electrons. The summed E-state index contributed by atoms with van der Waals surface area (Å²) in [5.41, 5.74) is 1.74. The molecule has 2 unspecified atom stereocenters. The molecule has 0 aliphatic heterocycles. The van der Waals surface area contributed by atoms with E-state index in [2.05, 4.69) is 15.3 Å². The van der Waals surface area contributed by atoms with Gasteiger partial charge in [-0.05, 0) is 42.6 Å². The summed E-state index contributed by atoms with van der Waals surface area (Å²) in [6.07, 6.45) is 1.63. The van der Waals surface area contributed by atoms with Gasteiger partial charge in [0.05, 0.1) is 10.7 Å². The number of aryl methyl sites for hydroxylation is 2. The van der Waals surface area contributed by atoms with Gasteiger partial charge < -0.3 is 14.9 Å². The number of aromatic nitrogens is 2. The van der Waals surface area contributed by atoms with E-state index in [1.54, 1.807) is 37.4 Å². The van der Waals surface area contributed by atoms with Crippen molar-refractivity contribution >= 4 is 33.3 Å². The van der Waals surface area contributed by atoms with Crippen LogP contribution in [0.1, 0.15) is 22.0 Å². The normalized spacial score (nSPS) is 14.6. The van der Waals surface area contributed by atoms with Crippen molar-refractivity contribution in [1.82, 2.24) is 9.97 Å². The predicted molar refractivity (Wildman–Crippen MR) is 102 cm³/mol. The van der Waals surface area contributed by atoms with Crippen molar-refractivity contribution in [1.29, 1.82) is 0 Å². The third-order valence-electron chi connectivity index (χ3n) is 4.11. The van der Waals surface area contributed by atoms with Gasteiger partial charge in [0, 0.05) is 18.3 Å². The Bertz CT molecular complexity index is 923. The van der Waals surface area contributed by atoms with Gasteiger partial charge in [-0.3, -0.25) is 9.00 Å². The standard InChI is InChI=1S/C18H19N3O3S2/c1-12-16(25-13(2)20-12)21-17(22)18(26(23)24,15-9-6-10-19-15)11-14-7-4-3-5-8-14/h3-10,19H,11H2,1-2H3,(H,21,22)(H,23,24)/p-1. The molecular formula is C18H18N3O3S2-. The number of hydrogen-bond donors (Lipinski definition) is 2. The predicted octanol–water partition coefficient (Wildman–Crippen LogP) is 3.04. The molecule has 2 atom stereocenters. The van der Waals surface area contributed by atoms with Crippen LogP contribution in [0.4, 0.5) is 5.00 Å². The molecule has 0 aliphatic carbocycles. The van der Waals surface area contributed by atoms with Crippen molar-refractivity contribution in [2.24, 2.45) is 0 Å². The lowest BCUT2D eigenvalue weighted by atomic mass is 9.94. The van der Waals surface area contributed by atoms with Gasteiger partial charge in [-0.25, -0.2) is 4.98 Å². The Kier molecular flexibility index (Phi) is 5.36. The first-order chi connectivity index (χ1) is 12.4. The highest BCUT2D eigenvalue weighted by Gasteiger charge is 2.43. The SMILES string of the molecule is Cc1nc(C)c(NC(=O)C(Cc2ccccc2)(c2ccc[nH]2)S(=O)[O-])s1. The van der Waals surface area contributed by atoms with Crippen LogP contribution in [0.3, 0.4) is 0 Å². The molecule has 3 aromatic rings. The first-order valence-electron chi connectivity index (χ1n) is 7.96. The van der Waals surface area contributed by atoms with E-state index in [-0.39, 0.29) is 6.42 Å². The van der Waals surface area contributed by atoms with Crippen molar-refractivity contribution in [2.45, 2.75) is 25.0 Å². The zero-order chi connectivity index (χ0) is 18.7. The molecule has 2 aromatic heterocycles. The maximum absolute atomic E-state index is 13.2. The summed E-state index contributed by atoms with van der Waals surface area (Å²) in [4.78, 5) is 20.4. The lowest BCUT2D eigenvalue weighted by molar-refractivity contribution is -0.119. The molecule has 1 aromatic carbocycles. The number of carbonyl (C=O) groups is 1. The molecule has 8 heteroatoms. The minimum Gasteiger partial charge on any atom is -0.771 e. The molecule has 0 saturated heterocycles. The van der Waals surface area contributed by atoms with E-state index in [0.29, 0.717) is 16.4 Å². The van der Waals surface area contributed by atoms with Crippen LogP contribution < -0.4 is 5.32 Å². The van der Waals surface area contributed by atoms with E-state index in [1.165, 1.54) is 11.3 Å². The van der Waals surface area contributed by atoms with Crippen LogP contribution >= 0.6 is 11.3 Å². The Morgan fingerprint density at radius 1 is 1.27 bits per heavy atom. The van der Waals surface area contributed by atoms with Crippen LogP contribution in [0.15, 0.2) is 48.7 Å². The molecule has 0 spiro atoms. The Morgan fingerprint density at radius 2 is 2.00 bits per heavy atom. The van der Waals surface area contributed by atoms with E-state index < -0.39 is 21.7 Å². The quantitative estimate of drug-likeness (QED) is 0.634. The van der Waals surface area contributed by atoms with Gasteiger partial charge in [-0.15, -0.1) is 11.3 Å². The monoisotopic (exact) mass is 388 g/mol. The maximum atomic E-state index is 13.2. The topological polar surface area (TPSA) is 97.9 Å². The Hall–Kier alpha value is -2.29. The number of H-pyrrole nitrogens is 1. The average Bonchev–Trinajstić information content (AvgIpc) is 3.23. The van der Waals surface area contributed by atoms with Crippen molar-refractivity contribution in [2.75, 3.05) is 5.32 Å². The zero-order valence-electron chi connectivity index (χ0n) is 14.3. The minimum absolute atomic E-state index is 0.0210. The van der Waals surface area contributed by atoms with E-state index in [4.69, 9.17) is 0 Å². The van der Waals surface area contributed by atoms with Crippen molar-refractivity contribution in [3.8, 4) is 0 Å². The molecular weight excluding hydrogens is 370 g/mol.